The third kappa shape index (κ3) is 4.53. The standard InChI is InChI=1S/C19H24N2O2/c22-15-18-7-4-8-19(23-18)17-6-3-5-16(13-17)14-20-9-12-21-10-1-2-11-21/h3,5-8,13,15,20H,1-2,4,9-12,14H2. The SMILES string of the molecule is O=CC1=CCC=C(c2cccc(CNCCN3CCCC3)c2)O1. The van der Waals surface area contributed by atoms with E-state index in [1.54, 1.807) is 6.08 Å². The van der Waals surface area contributed by atoms with Crippen LogP contribution in [0.3, 0.4) is 0 Å². The highest BCUT2D eigenvalue weighted by atomic mass is 16.5. The predicted octanol–water partition coefficient (Wildman–Crippen LogP) is 2.72. The maximum absolute atomic E-state index is 10.9. The zero-order chi connectivity index (χ0) is 15.9. The number of nitrogens with zero attached hydrogens (tertiary/aromatic N) is 1. The minimum atomic E-state index is 0.400. The Morgan fingerprint density at radius 3 is 2.91 bits per heavy atom. The van der Waals surface area contributed by atoms with E-state index in [0.29, 0.717) is 5.76 Å². The summed E-state index contributed by atoms with van der Waals surface area (Å²) >= 11 is 0. The number of hydrogen-bond acceptors (Lipinski definition) is 4. The van der Waals surface area contributed by atoms with Crippen LogP contribution in [-0.2, 0) is 16.1 Å². The Morgan fingerprint density at radius 2 is 2.09 bits per heavy atom. The lowest BCUT2D eigenvalue weighted by molar-refractivity contribution is -0.106. The molecule has 0 saturated carbocycles. The summed E-state index contributed by atoms with van der Waals surface area (Å²) < 4.78 is 5.60. The third-order valence-corrected chi connectivity index (χ3v) is 4.31. The molecule has 122 valence electrons. The van der Waals surface area contributed by atoms with E-state index in [1.165, 1.54) is 31.5 Å². The first-order valence-corrected chi connectivity index (χ1v) is 8.41. The topological polar surface area (TPSA) is 41.6 Å². The molecule has 0 atom stereocenters. The number of ether oxygens (including phenoxy) is 1. The fraction of sp³-hybridized carbons (Fsp3) is 0.421. The number of carbonyl (C=O) groups is 1. The minimum Gasteiger partial charge on any atom is -0.454 e. The summed E-state index contributed by atoms with van der Waals surface area (Å²) in [6.07, 6.45) is 7.98. The molecule has 1 aromatic carbocycles. The molecule has 2 aliphatic rings. The van der Waals surface area contributed by atoms with Gasteiger partial charge in [-0.2, -0.15) is 0 Å². The molecule has 4 heteroatoms. The van der Waals surface area contributed by atoms with Gasteiger partial charge < -0.3 is 15.0 Å². The molecule has 0 bridgehead atoms. The van der Waals surface area contributed by atoms with Gasteiger partial charge in [0.25, 0.3) is 0 Å². The van der Waals surface area contributed by atoms with Crippen molar-refractivity contribution in [3.8, 4) is 0 Å². The van der Waals surface area contributed by atoms with Crippen molar-refractivity contribution < 1.29 is 9.53 Å². The number of nitrogens with one attached hydrogen (secondary N) is 1. The number of likely N-dealkylation sites (tertiary alicyclic amines) is 1. The van der Waals surface area contributed by atoms with Gasteiger partial charge in [-0.15, -0.1) is 0 Å². The molecule has 2 aliphatic heterocycles. The van der Waals surface area contributed by atoms with Gasteiger partial charge in [-0.3, -0.25) is 4.79 Å². The van der Waals surface area contributed by atoms with Crippen molar-refractivity contribution in [3.63, 3.8) is 0 Å². The quantitative estimate of drug-likeness (QED) is 0.621. The minimum absolute atomic E-state index is 0.400. The summed E-state index contributed by atoms with van der Waals surface area (Å²) in [7, 11) is 0. The van der Waals surface area contributed by atoms with Crippen LogP contribution in [-0.4, -0.2) is 37.4 Å². The fourth-order valence-corrected chi connectivity index (χ4v) is 3.05. The number of benzene rings is 1. The van der Waals surface area contributed by atoms with E-state index >= 15 is 0 Å². The van der Waals surface area contributed by atoms with E-state index < -0.39 is 0 Å². The molecule has 1 saturated heterocycles. The second-order valence-electron chi connectivity index (χ2n) is 6.06. The number of hydrogen-bond donors (Lipinski definition) is 1. The lowest BCUT2D eigenvalue weighted by atomic mass is 10.1. The van der Waals surface area contributed by atoms with Crippen LogP contribution >= 0.6 is 0 Å². The first-order valence-electron chi connectivity index (χ1n) is 8.41. The average molecular weight is 312 g/mol. The summed E-state index contributed by atoms with van der Waals surface area (Å²) in [4.78, 5) is 13.4. The van der Waals surface area contributed by atoms with Crippen LogP contribution in [0.5, 0.6) is 0 Å². The van der Waals surface area contributed by atoms with E-state index in [1.807, 2.05) is 18.2 Å². The van der Waals surface area contributed by atoms with Crippen molar-refractivity contribution in [1.29, 1.82) is 0 Å². The third-order valence-electron chi connectivity index (χ3n) is 4.31. The van der Waals surface area contributed by atoms with Crippen LogP contribution in [0.1, 0.15) is 30.4 Å². The second-order valence-corrected chi connectivity index (χ2v) is 6.06. The van der Waals surface area contributed by atoms with Gasteiger partial charge in [-0.25, -0.2) is 0 Å². The molecule has 23 heavy (non-hydrogen) atoms. The monoisotopic (exact) mass is 312 g/mol. The normalized spacial score (nSPS) is 18.3. The van der Waals surface area contributed by atoms with E-state index in [2.05, 4.69) is 22.3 Å². The predicted molar refractivity (Wildman–Crippen MR) is 91.6 cm³/mol. The molecule has 2 heterocycles. The molecule has 0 amide bonds. The van der Waals surface area contributed by atoms with Crippen LogP contribution < -0.4 is 5.32 Å². The molecule has 0 unspecified atom stereocenters. The lowest BCUT2D eigenvalue weighted by Gasteiger charge is -2.16. The fourth-order valence-electron chi connectivity index (χ4n) is 3.05. The van der Waals surface area contributed by atoms with Gasteiger partial charge >= 0.3 is 0 Å². The van der Waals surface area contributed by atoms with Crippen molar-refractivity contribution >= 4 is 12.0 Å². The van der Waals surface area contributed by atoms with Crippen molar-refractivity contribution in [2.75, 3.05) is 26.2 Å². The average Bonchev–Trinajstić information content (AvgIpc) is 3.12. The van der Waals surface area contributed by atoms with E-state index in [0.717, 1.165) is 43.7 Å². The summed E-state index contributed by atoms with van der Waals surface area (Å²) in [6, 6.07) is 8.30. The van der Waals surface area contributed by atoms with Crippen LogP contribution in [0.2, 0.25) is 0 Å². The molecule has 0 spiro atoms. The molecule has 0 aliphatic carbocycles. The van der Waals surface area contributed by atoms with Crippen molar-refractivity contribution in [1.82, 2.24) is 10.2 Å². The van der Waals surface area contributed by atoms with E-state index in [-0.39, 0.29) is 0 Å². The summed E-state index contributed by atoms with van der Waals surface area (Å²) in [5, 5.41) is 3.51. The van der Waals surface area contributed by atoms with Crippen molar-refractivity contribution in [2.45, 2.75) is 25.8 Å². The summed E-state index contributed by atoms with van der Waals surface area (Å²) in [5.41, 5.74) is 2.26. The summed E-state index contributed by atoms with van der Waals surface area (Å²) in [6.45, 7) is 5.48. The van der Waals surface area contributed by atoms with E-state index in [4.69, 9.17) is 4.74 Å². The number of carbonyl (C=O) groups excluding carboxylic acids is 1. The van der Waals surface area contributed by atoms with Gasteiger partial charge in [0.15, 0.2) is 12.0 Å². The highest BCUT2D eigenvalue weighted by Gasteiger charge is 2.11. The Kier molecular flexibility index (Phi) is 5.61. The largest absolute Gasteiger partial charge is 0.454 e. The Labute approximate surface area is 137 Å². The maximum Gasteiger partial charge on any atom is 0.185 e. The molecular formula is C19H24N2O2. The van der Waals surface area contributed by atoms with Gasteiger partial charge in [-0.1, -0.05) is 18.2 Å². The van der Waals surface area contributed by atoms with E-state index in [9.17, 15) is 4.79 Å². The highest BCUT2D eigenvalue weighted by molar-refractivity contribution is 5.75. The van der Waals surface area contributed by atoms with Gasteiger partial charge in [0.2, 0.25) is 0 Å². The van der Waals surface area contributed by atoms with Gasteiger partial charge in [-0.05, 0) is 56.1 Å². The molecule has 3 rings (SSSR count). The Hall–Kier alpha value is -1.91. The van der Waals surface area contributed by atoms with Crippen LogP contribution in [0.15, 0.2) is 42.2 Å². The van der Waals surface area contributed by atoms with Crippen LogP contribution in [0.25, 0.3) is 5.76 Å². The van der Waals surface area contributed by atoms with Crippen LogP contribution in [0.4, 0.5) is 0 Å². The molecule has 1 N–H and O–H groups in total. The molecular weight excluding hydrogens is 288 g/mol. The number of rotatable bonds is 7. The molecule has 1 fully saturated rings. The smallest absolute Gasteiger partial charge is 0.185 e. The summed E-state index contributed by atoms with van der Waals surface area (Å²) in [5.74, 6) is 1.17. The van der Waals surface area contributed by atoms with Crippen molar-refractivity contribution in [2.24, 2.45) is 0 Å². The van der Waals surface area contributed by atoms with Crippen molar-refractivity contribution in [3.05, 3.63) is 53.3 Å². The lowest BCUT2D eigenvalue weighted by Crippen LogP contribution is -2.29. The van der Waals surface area contributed by atoms with Gasteiger partial charge in [0, 0.05) is 25.2 Å². The number of allylic oxidation sites excluding steroid dienone is 3. The van der Waals surface area contributed by atoms with Crippen LogP contribution in [0, 0.1) is 0 Å². The molecule has 0 radical (unpaired) electrons. The first-order chi connectivity index (χ1) is 11.3. The molecule has 1 aromatic rings. The maximum atomic E-state index is 10.9. The number of aldehydes is 1. The van der Waals surface area contributed by atoms with Gasteiger partial charge in [0.05, 0.1) is 0 Å². The first kappa shape index (κ1) is 16.0. The Balaban J connectivity index is 1.51. The highest BCUT2D eigenvalue weighted by Crippen LogP contribution is 2.24. The Bertz CT molecular complexity index is 601. The second kappa shape index (κ2) is 8.09. The molecule has 4 nitrogen and oxygen atoms in total. The van der Waals surface area contributed by atoms with Gasteiger partial charge in [0.1, 0.15) is 5.76 Å². The molecule has 0 aromatic heterocycles. The Morgan fingerprint density at radius 1 is 1.22 bits per heavy atom. The zero-order valence-corrected chi connectivity index (χ0v) is 13.5. The zero-order valence-electron chi connectivity index (χ0n) is 13.5.